The summed E-state index contributed by atoms with van der Waals surface area (Å²) in [4.78, 5) is 27.7. The van der Waals surface area contributed by atoms with Crippen LogP contribution in [0.5, 0.6) is 5.75 Å². The summed E-state index contributed by atoms with van der Waals surface area (Å²) in [5.74, 6) is 0.615. The first kappa shape index (κ1) is 22.5. The molecule has 0 aromatic heterocycles. The maximum absolute atomic E-state index is 13.3. The minimum absolute atomic E-state index is 0.0510. The Labute approximate surface area is 174 Å². The van der Waals surface area contributed by atoms with Crippen LogP contribution in [0.15, 0.2) is 48.5 Å². The molecule has 0 saturated carbocycles. The van der Waals surface area contributed by atoms with E-state index in [1.165, 1.54) is 0 Å². The largest absolute Gasteiger partial charge is 0.497 e. The maximum Gasteiger partial charge on any atom is 0.242 e. The second-order valence-electron chi connectivity index (χ2n) is 7.25. The fourth-order valence-electron chi connectivity index (χ4n) is 3.31. The van der Waals surface area contributed by atoms with Gasteiger partial charge in [0, 0.05) is 13.1 Å². The van der Waals surface area contributed by atoms with Gasteiger partial charge in [-0.1, -0.05) is 55.8 Å². The molecule has 2 aromatic rings. The highest BCUT2D eigenvalue weighted by Gasteiger charge is 2.28. The van der Waals surface area contributed by atoms with Crippen molar-refractivity contribution in [3.8, 4) is 5.75 Å². The van der Waals surface area contributed by atoms with Crippen LogP contribution in [0, 0.1) is 6.92 Å². The number of benzene rings is 2. The third kappa shape index (κ3) is 6.63. The number of rotatable bonds is 10. The van der Waals surface area contributed by atoms with E-state index in [1.54, 1.807) is 12.0 Å². The smallest absolute Gasteiger partial charge is 0.242 e. The zero-order valence-electron chi connectivity index (χ0n) is 17.9. The molecule has 0 spiro atoms. The van der Waals surface area contributed by atoms with Crippen LogP contribution < -0.4 is 10.1 Å². The molecule has 0 aliphatic carbocycles. The third-order valence-corrected chi connectivity index (χ3v) is 4.88. The molecule has 0 radical (unpaired) electrons. The zero-order chi connectivity index (χ0) is 21.2. The van der Waals surface area contributed by atoms with Gasteiger partial charge in [0.15, 0.2) is 0 Å². The number of aryl methyl sites for hydroxylation is 1. The van der Waals surface area contributed by atoms with Crippen LogP contribution in [0.4, 0.5) is 0 Å². The van der Waals surface area contributed by atoms with E-state index in [1.807, 2.05) is 69.3 Å². The number of hydrogen-bond donors (Lipinski definition) is 1. The van der Waals surface area contributed by atoms with E-state index in [9.17, 15) is 9.59 Å². The Morgan fingerprint density at radius 2 is 1.79 bits per heavy atom. The number of nitrogens with zero attached hydrogens (tertiary/aromatic N) is 1. The van der Waals surface area contributed by atoms with Crippen molar-refractivity contribution in [2.75, 3.05) is 13.7 Å². The monoisotopic (exact) mass is 396 g/mol. The van der Waals surface area contributed by atoms with Gasteiger partial charge in [0.1, 0.15) is 11.8 Å². The van der Waals surface area contributed by atoms with Gasteiger partial charge in [-0.25, -0.2) is 0 Å². The van der Waals surface area contributed by atoms with Gasteiger partial charge >= 0.3 is 0 Å². The van der Waals surface area contributed by atoms with Gasteiger partial charge in [-0.3, -0.25) is 9.59 Å². The fraction of sp³-hybridized carbons (Fsp3) is 0.417. The topological polar surface area (TPSA) is 58.6 Å². The summed E-state index contributed by atoms with van der Waals surface area (Å²) in [5.41, 5.74) is 3.04. The number of carbonyl (C=O) groups excluding carboxylic acids is 2. The lowest BCUT2D eigenvalue weighted by Gasteiger charge is -2.31. The second-order valence-corrected chi connectivity index (χ2v) is 7.25. The van der Waals surface area contributed by atoms with Gasteiger partial charge in [0.05, 0.1) is 13.5 Å². The Morgan fingerprint density at radius 1 is 1.07 bits per heavy atom. The van der Waals surface area contributed by atoms with Crippen LogP contribution in [0.25, 0.3) is 0 Å². The number of methoxy groups -OCH3 is 1. The van der Waals surface area contributed by atoms with Crippen molar-refractivity contribution in [1.29, 1.82) is 0 Å². The number of amides is 2. The Bertz CT molecular complexity index is 802. The molecule has 2 amide bonds. The van der Waals surface area contributed by atoms with E-state index in [2.05, 4.69) is 5.32 Å². The third-order valence-electron chi connectivity index (χ3n) is 4.88. The molecule has 0 heterocycles. The Balaban J connectivity index is 2.26. The highest BCUT2D eigenvalue weighted by molar-refractivity contribution is 5.88. The molecule has 0 bridgehead atoms. The highest BCUT2D eigenvalue weighted by atomic mass is 16.5. The van der Waals surface area contributed by atoms with Gasteiger partial charge in [0.2, 0.25) is 11.8 Å². The average Bonchev–Trinajstić information content (AvgIpc) is 2.72. The van der Waals surface area contributed by atoms with Crippen molar-refractivity contribution in [1.82, 2.24) is 10.2 Å². The predicted octanol–water partition coefficient (Wildman–Crippen LogP) is 3.88. The standard InChI is InChI=1S/C24H32N2O3/c1-5-14-25-24(28)22(6-2)26(17-19-10-12-21(29-4)13-11-19)23(27)16-20-9-7-8-18(3)15-20/h7-13,15,22H,5-6,14,16-17H2,1-4H3,(H,25,28)/t22-/m0/s1. The molecule has 0 aliphatic heterocycles. The lowest BCUT2D eigenvalue weighted by Crippen LogP contribution is -2.49. The van der Waals surface area contributed by atoms with Crippen LogP contribution in [-0.2, 0) is 22.6 Å². The zero-order valence-corrected chi connectivity index (χ0v) is 17.9. The summed E-state index contributed by atoms with van der Waals surface area (Å²) in [5, 5.41) is 2.94. The molecule has 2 rings (SSSR count). The van der Waals surface area contributed by atoms with Crippen LogP contribution in [0.2, 0.25) is 0 Å². The van der Waals surface area contributed by atoms with Gasteiger partial charge in [0.25, 0.3) is 0 Å². The molecular formula is C24H32N2O3. The van der Waals surface area contributed by atoms with E-state index in [0.29, 0.717) is 19.5 Å². The molecule has 29 heavy (non-hydrogen) atoms. The van der Waals surface area contributed by atoms with Gasteiger partial charge < -0.3 is 15.0 Å². The van der Waals surface area contributed by atoms with Crippen molar-refractivity contribution in [3.05, 3.63) is 65.2 Å². The fourth-order valence-corrected chi connectivity index (χ4v) is 3.31. The van der Waals surface area contributed by atoms with Crippen molar-refractivity contribution < 1.29 is 14.3 Å². The van der Waals surface area contributed by atoms with E-state index in [-0.39, 0.29) is 18.2 Å². The Kier molecular flexibility index (Phi) is 8.71. The SMILES string of the molecule is CCCNC(=O)[C@H](CC)N(Cc1ccc(OC)cc1)C(=O)Cc1cccc(C)c1. The van der Waals surface area contributed by atoms with E-state index in [4.69, 9.17) is 4.74 Å². The molecular weight excluding hydrogens is 364 g/mol. The molecule has 1 N–H and O–H groups in total. The van der Waals surface area contributed by atoms with E-state index < -0.39 is 6.04 Å². The normalized spacial score (nSPS) is 11.6. The van der Waals surface area contributed by atoms with Gasteiger partial charge in [-0.2, -0.15) is 0 Å². The minimum Gasteiger partial charge on any atom is -0.497 e. The first-order valence-corrected chi connectivity index (χ1v) is 10.2. The van der Waals surface area contributed by atoms with E-state index in [0.717, 1.165) is 28.9 Å². The summed E-state index contributed by atoms with van der Waals surface area (Å²) in [6.07, 6.45) is 1.69. The first-order valence-electron chi connectivity index (χ1n) is 10.2. The van der Waals surface area contributed by atoms with Crippen LogP contribution >= 0.6 is 0 Å². The molecule has 5 nitrogen and oxygen atoms in total. The highest BCUT2D eigenvalue weighted by Crippen LogP contribution is 2.18. The summed E-state index contributed by atoms with van der Waals surface area (Å²) in [6, 6.07) is 15.0. The minimum atomic E-state index is -0.499. The second kappa shape index (κ2) is 11.2. The molecule has 0 unspecified atom stereocenters. The van der Waals surface area contributed by atoms with Crippen LogP contribution in [0.1, 0.15) is 43.4 Å². The molecule has 5 heteroatoms. The summed E-state index contributed by atoms with van der Waals surface area (Å²) < 4.78 is 5.22. The summed E-state index contributed by atoms with van der Waals surface area (Å²) >= 11 is 0. The lowest BCUT2D eigenvalue weighted by molar-refractivity contribution is -0.140. The van der Waals surface area contributed by atoms with Crippen LogP contribution in [0.3, 0.4) is 0 Å². The number of nitrogens with one attached hydrogen (secondary N) is 1. The quantitative estimate of drug-likeness (QED) is 0.663. The average molecular weight is 397 g/mol. The van der Waals surface area contributed by atoms with E-state index >= 15 is 0 Å². The molecule has 2 aromatic carbocycles. The molecule has 0 aliphatic rings. The van der Waals surface area contributed by atoms with Crippen molar-refractivity contribution in [2.45, 2.75) is 52.6 Å². The van der Waals surface area contributed by atoms with Gasteiger partial charge in [-0.05, 0) is 43.0 Å². The molecule has 0 saturated heterocycles. The van der Waals surface area contributed by atoms with Crippen molar-refractivity contribution in [3.63, 3.8) is 0 Å². The molecule has 1 atom stereocenters. The first-order chi connectivity index (χ1) is 14.0. The molecule has 0 fully saturated rings. The summed E-state index contributed by atoms with van der Waals surface area (Å²) in [7, 11) is 1.62. The Morgan fingerprint density at radius 3 is 2.38 bits per heavy atom. The maximum atomic E-state index is 13.3. The summed E-state index contributed by atoms with van der Waals surface area (Å²) in [6.45, 7) is 6.96. The van der Waals surface area contributed by atoms with Crippen LogP contribution in [-0.4, -0.2) is 36.4 Å². The molecule has 156 valence electrons. The number of carbonyl (C=O) groups is 2. The Hall–Kier alpha value is -2.82. The predicted molar refractivity (Wildman–Crippen MR) is 116 cm³/mol. The lowest BCUT2D eigenvalue weighted by atomic mass is 10.1. The van der Waals surface area contributed by atoms with Crippen molar-refractivity contribution in [2.24, 2.45) is 0 Å². The number of ether oxygens (including phenoxy) is 1. The van der Waals surface area contributed by atoms with Crippen molar-refractivity contribution >= 4 is 11.8 Å². The number of hydrogen-bond acceptors (Lipinski definition) is 3. The van der Waals surface area contributed by atoms with Gasteiger partial charge in [-0.15, -0.1) is 0 Å².